The van der Waals surface area contributed by atoms with Gasteiger partial charge in [-0.25, -0.2) is 13.6 Å². The van der Waals surface area contributed by atoms with Crippen LogP contribution in [-0.2, 0) is 4.79 Å². The number of amides is 3. The third-order valence-electron chi connectivity index (χ3n) is 5.16. The Morgan fingerprint density at radius 3 is 2.36 bits per heavy atom. The summed E-state index contributed by atoms with van der Waals surface area (Å²) < 4.78 is 26.7. The van der Waals surface area contributed by atoms with Crippen LogP contribution in [0.3, 0.4) is 0 Å². The molecule has 0 unspecified atom stereocenters. The second-order valence-electron chi connectivity index (χ2n) is 7.02. The molecule has 1 fully saturated rings. The summed E-state index contributed by atoms with van der Waals surface area (Å²) in [6.45, 7) is 2.89. The minimum absolute atomic E-state index is 0.0297. The number of nitrogens with zero attached hydrogens (tertiary/aromatic N) is 1. The molecule has 2 aromatic carbocycles. The maximum atomic E-state index is 13.7. The fourth-order valence-corrected chi connectivity index (χ4v) is 3.38. The van der Waals surface area contributed by atoms with Gasteiger partial charge in [0.25, 0.3) is 0 Å². The molecule has 0 aliphatic carbocycles. The zero-order valence-corrected chi connectivity index (χ0v) is 15.6. The van der Waals surface area contributed by atoms with Gasteiger partial charge in [0.15, 0.2) is 0 Å². The topological polar surface area (TPSA) is 61.4 Å². The third kappa shape index (κ3) is 4.85. The Hall–Kier alpha value is -2.96. The lowest BCUT2D eigenvalue weighted by Gasteiger charge is -2.34. The Balaban J connectivity index is 1.51. The van der Waals surface area contributed by atoms with Crippen LogP contribution in [0.25, 0.3) is 0 Å². The van der Waals surface area contributed by atoms with Gasteiger partial charge < -0.3 is 15.5 Å². The minimum Gasteiger partial charge on any atom is -0.325 e. The second kappa shape index (κ2) is 8.82. The van der Waals surface area contributed by atoms with E-state index in [0.29, 0.717) is 25.9 Å². The summed E-state index contributed by atoms with van der Waals surface area (Å²) in [5, 5.41) is 5.38. The van der Waals surface area contributed by atoms with Crippen LogP contribution in [0.4, 0.5) is 25.0 Å². The van der Waals surface area contributed by atoms with Crippen molar-refractivity contribution < 1.29 is 18.4 Å². The number of piperidine rings is 1. The molecule has 5 nitrogen and oxygen atoms in total. The first kappa shape index (κ1) is 19.8. The summed E-state index contributed by atoms with van der Waals surface area (Å²) in [5.41, 5.74) is 0.710. The first-order valence-corrected chi connectivity index (χ1v) is 9.31. The van der Waals surface area contributed by atoms with Crippen LogP contribution in [0.1, 0.15) is 19.8 Å². The number of hydrogen-bond acceptors (Lipinski definition) is 2. The summed E-state index contributed by atoms with van der Waals surface area (Å²) in [6.07, 6.45) is 1.37. The van der Waals surface area contributed by atoms with E-state index >= 15 is 0 Å². The molecule has 28 heavy (non-hydrogen) atoms. The summed E-state index contributed by atoms with van der Waals surface area (Å²) in [4.78, 5) is 26.5. The van der Waals surface area contributed by atoms with Gasteiger partial charge >= 0.3 is 6.03 Å². The molecule has 3 rings (SSSR count). The molecule has 1 aliphatic heterocycles. The molecule has 1 saturated heterocycles. The van der Waals surface area contributed by atoms with Crippen molar-refractivity contribution in [1.29, 1.82) is 0 Å². The number of carbonyl (C=O) groups excluding carboxylic acids is 2. The van der Waals surface area contributed by atoms with Crippen LogP contribution in [0.2, 0.25) is 0 Å². The number of rotatable bonds is 4. The highest BCUT2D eigenvalue weighted by molar-refractivity contribution is 5.92. The normalized spacial score (nSPS) is 15.8. The van der Waals surface area contributed by atoms with Crippen molar-refractivity contribution in [2.45, 2.75) is 19.8 Å². The maximum absolute atomic E-state index is 13.7. The van der Waals surface area contributed by atoms with Crippen LogP contribution in [0.5, 0.6) is 0 Å². The number of para-hydroxylation sites is 1. The van der Waals surface area contributed by atoms with Gasteiger partial charge in [0, 0.05) is 30.8 Å². The van der Waals surface area contributed by atoms with E-state index in [4.69, 9.17) is 0 Å². The molecule has 148 valence electrons. The molecule has 7 heteroatoms. The van der Waals surface area contributed by atoms with Gasteiger partial charge in [-0.3, -0.25) is 4.79 Å². The van der Waals surface area contributed by atoms with E-state index in [0.717, 1.165) is 17.8 Å². The van der Waals surface area contributed by atoms with E-state index in [-0.39, 0.29) is 29.5 Å². The van der Waals surface area contributed by atoms with Crippen molar-refractivity contribution in [3.05, 3.63) is 60.2 Å². The lowest BCUT2D eigenvalue weighted by molar-refractivity contribution is -0.121. The Morgan fingerprint density at radius 2 is 1.71 bits per heavy atom. The maximum Gasteiger partial charge on any atom is 0.321 e. The number of anilines is 2. The molecule has 0 aromatic heterocycles. The van der Waals surface area contributed by atoms with Gasteiger partial charge in [0.1, 0.15) is 11.6 Å². The molecule has 1 atom stereocenters. The van der Waals surface area contributed by atoms with Crippen molar-refractivity contribution in [1.82, 2.24) is 4.90 Å². The van der Waals surface area contributed by atoms with Crippen LogP contribution in [-0.4, -0.2) is 29.9 Å². The van der Waals surface area contributed by atoms with Crippen molar-refractivity contribution in [3.8, 4) is 0 Å². The van der Waals surface area contributed by atoms with Gasteiger partial charge in [0.05, 0.1) is 5.69 Å². The molecule has 0 spiro atoms. The van der Waals surface area contributed by atoms with E-state index in [9.17, 15) is 18.4 Å². The van der Waals surface area contributed by atoms with Gasteiger partial charge in [-0.2, -0.15) is 0 Å². The standard InChI is InChI=1S/C21H23F2N3O2/c1-14(20(27)25-19-8-7-16(22)13-18(19)23)15-9-11-26(12-10-15)21(28)24-17-5-3-2-4-6-17/h2-8,13-15H,9-12H2,1H3,(H,24,28)(H,25,27)/t14-/m1/s1. The summed E-state index contributed by atoms with van der Waals surface area (Å²) >= 11 is 0. The minimum atomic E-state index is -0.798. The van der Waals surface area contributed by atoms with Gasteiger partial charge in [-0.15, -0.1) is 0 Å². The summed E-state index contributed by atoms with van der Waals surface area (Å²) in [6, 6.07) is 12.1. The van der Waals surface area contributed by atoms with E-state index < -0.39 is 11.6 Å². The Morgan fingerprint density at radius 1 is 1.04 bits per heavy atom. The molecule has 2 N–H and O–H groups in total. The van der Waals surface area contributed by atoms with Crippen LogP contribution < -0.4 is 10.6 Å². The fraction of sp³-hybridized carbons (Fsp3) is 0.333. The number of likely N-dealkylation sites (tertiary alicyclic amines) is 1. The zero-order valence-electron chi connectivity index (χ0n) is 15.6. The largest absolute Gasteiger partial charge is 0.325 e. The number of nitrogens with one attached hydrogen (secondary N) is 2. The molecule has 1 heterocycles. The molecular formula is C21H23F2N3O2. The molecular weight excluding hydrogens is 364 g/mol. The number of benzene rings is 2. The van der Waals surface area contributed by atoms with Gasteiger partial charge in [-0.05, 0) is 43.0 Å². The van der Waals surface area contributed by atoms with E-state index in [1.807, 2.05) is 30.3 Å². The van der Waals surface area contributed by atoms with E-state index in [2.05, 4.69) is 10.6 Å². The molecule has 0 saturated carbocycles. The van der Waals surface area contributed by atoms with Crippen molar-refractivity contribution in [2.24, 2.45) is 11.8 Å². The van der Waals surface area contributed by atoms with Crippen molar-refractivity contribution >= 4 is 23.3 Å². The third-order valence-corrected chi connectivity index (χ3v) is 5.16. The number of urea groups is 1. The molecule has 0 bridgehead atoms. The lowest BCUT2D eigenvalue weighted by atomic mass is 9.85. The molecule has 1 aliphatic rings. The quantitative estimate of drug-likeness (QED) is 0.812. The molecule has 3 amide bonds. The number of carbonyl (C=O) groups is 2. The smallest absolute Gasteiger partial charge is 0.321 e. The first-order chi connectivity index (χ1) is 13.4. The first-order valence-electron chi connectivity index (χ1n) is 9.31. The number of halogens is 2. The predicted molar refractivity (Wildman–Crippen MR) is 104 cm³/mol. The average Bonchev–Trinajstić information content (AvgIpc) is 2.70. The van der Waals surface area contributed by atoms with Gasteiger partial charge in [-0.1, -0.05) is 25.1 Å². The highest BCUT2D eigenvalue weighted by Gasteiger charge is 2.30. The Kier molecular flexibility index (Phi) is 6.23. The molecule has 2 aromatic rings. The van der Waals surface area contributed by atoms with Crippen LogP contribution >= 0.6 is 0 Å². The lowest BCUT2D eigenvalue weighted by Crippen LogP contribution is -2.43. The summed E-state index contributed by atoms with van der Waals surface area (Å²) in [5.74, 6) is -2.05. The Labute approximate surface area is 162 Å². The Bertz CT molecular complexity index is 837. The highest BCUT2D eigenvalue weighted by Crippen LogP contribution is 2.27. The van der Waals surface area contributed by atoms with Gasteiger partial charge in [0.2, 0.25) is 5.91 Å². The van der Waals surface area contributed by atoms with Crippen LogP contribution in [0.15, 0.2) is 48.5 Å². The van der Waals surface area contributed by atoms with E-state index in [1.54, 1.807) is 11.8 Å². The van der Waals surface area contributed by atoms with Crippen molar-refractivity contribution in [2.75, 3.05) is 23.7 Å². The fourth-order valence-electron chi connectivity index (χ4n) is 3.38. The SMILES string of the molecule is C[C@@H](C(=O)Nc1ccc(F)cc1F)C1CCN(C(=O)Nc2ccccc2)CC1. The predicted octanol–water partition coefficient (Wildman–Crippen LogP) is 4.48. The van der Waals surface area contributed by atoms with Crippen LogP contribution in [0, 0.1) is 23.5 Å². The zero-order chi connectivity index (χ0) is 20.1. The summed E-state index contributed by atoms with van der Waals surface area (Å²) in [7, 11) is 0. The van der Waals surface area contributed by atoms with Crippen molar-refractivity contribution in [3.63, 3.8) is 0 Å². The number of hydrogen-bond donors (Lipinski definition) is 2. The van der Waals surface area contributed by atoms with E-state index in [1.165, 1.54) is 6.07 Å². The second-order valence-corrected chi connectivity index (χ2v) is 7.02. The average molecular weight is 387 g/mol. The monoisotopic (exact) mass is 387 g/mol. The highest BCUT2D eigenvalue weighted by atomic mass is 19.1. The molecule has 0 radical (unpaired) electrons.